The highest BCUT2D eigenvalue weighted by Gasteiger charge is 2.18. The fourth-order valence-electron chi connectivity index (χ4n) is 1.99. The van der Waals surface area contributed by atoms with Crippen LogP contribution in [0.1, 0.15) is 24.4 Å². The van der Waals surface area contributed by atoms with Crippen LogP contribution >= 0.6 is 15.9 Å². The van der Waals surface area contributed by atoms with Crippen molar-refractivity contribution in [1.82, 2.24) is 9.97 Å². The lowest BCUT2D eigenvalue weighted by Gasteiger charge is -2.31. The lowest BCUT2D eigenvalue weighted by molar-refractivity contribution is 0.590. The summed E-state index contributed by atoms with van der Waals surface area (Å²) in [6.07, 6.45) is 2.50. The van der Waals surface area contributed by atoms with E-state index in [0.29, 0.717) is 4.83 Å². The molecule has 2 heterocycles. The normalized spacial score (nSPS) is 21.8. The smallest absolute Gasteiger partial charge is 0.132 e. The molecule has 1 aliphatic heterocycles. The Labute approximate surface area is 99.0 Å². The van der Waals surface area contributed by atoms with Gasteiger partial charge in [0.2, 0.25) is 0 Å². The maximum absolute atomic E-state index is 4.49. The van der Waals surface area contributed by atoms with Crippen molar-refractivity contribution in [2.75, 3.05) is 18.0 Å². The number of aryl methyl sites for hydroxylation is 2. The van der Waals surface area contributed by atoms with Gasteiger partial charge in [-0.25, -0.2) is 9.97 Å². The third-order valence-corrected chi connectivity index (χ3v) is 3.39. The second-order valence-corrected chi connectivity index (χ2v) is 5.40. The molecule has 3 nitrogen and oxygen atoms in total. The van der Waals surface area contributed by atoms with Crippen molar-refractivity contribution in [2.45, 2.75) is 31.5 Å². The van der Waals surface area contributed by atoms with Crippen LogP contribution in [-0.2, 0) is 0 Å². The lowest BCUT2D eigenvalue weighted by Crippen LogP contribution is -2.36. The van der Waals surface area contributed by atoms with E-state index in [1.54, 1.807) is 0 Å². The number of piperidine rings is 1. The quantitative estimate of drug-likeness (QED) is 0.734. The molecule has 1 saturated heterocycles. The van der Waals surface area contributed by atoms with E-state index in [1.807, 2.05) is 13.8 Å². The zero-order chi connectivity index (χ0) is 10.8. The fraction of sp³-hybridized carbons (Fsp3) is 0.636. The van der Waals surface area contributed by atoms with Crippen molar-refractivity contribution < 1.29 is 0 Å². The predicted molar refractivity (Wildman–Crippen MR) is 65.7 cm³/mol. The van der Waals surface area contributed by atoms with Crippen LogP contribution in [0.15, 0.2) is 6.07 Å². The summed E-state index contributed by atoms with van der Waals surface area (Å²) in [7, 11) is 0. The molecule has 1 fully saturated rings. The third kappa shape index (κ3) is 2.68. The van der Waals surface area contributed by atoms with Crippen molar-refractivity contribution in [3.63, 3.8) is 0 Å². The molecule has 4 heteroatoms. The van der Waals surface area contributed by atoms with Gasteiger partial charge in [-0.05, 0) is 26.7 Å². The Morgan fingerprint density at radius 1 is 1.40 bits per heavy atom. The number of anilines is 1. The van der Waals surface area contributed by atoms with Gasteiger partial charge in [0.25, 0.3) is 0 Å². The minimum Gasteiger partial charge on any atom is -0.355 e. The van der Waals surface area contributed by atoms with Crippen molar-refractivity contribution in [3.05, 3.63) is 17.6 Å². The molecular formula is C11H16BrN3. The van der Waals surface area contributed by atoms with E-state index in [4.69, 9.17) is 0 Å². The number of aromatic nitrogens is 2. The molecule has 0 spiro atoms. The number of rotatable bonds is 1. The standard InChI is InChI=1S/C11H16BrN3/c1-8-6-11(14-9(2)13-8)15-5-3-4-10(12)7-15/h6,10H,3-5,7H2,1-2H3. The number of nitrogens with zero attached hydrogens (tertiary/aromatic N) is 3. The zero-order valence-corrected chi connectivity index (χ0v) is 10.8. The van der Waals surface area contributed by atoms with E-state index in [0.717, 1.165) is 30.4 Å². The largest absolute Gasteiger partial charge is 0.355 e. The van der Waals surface area contributed by atoms with E-state index >= 15 is 0 Å². The molecule has 0 N–H and O–H groups in total. The van der Waals surface area contributed by atoms with Crippen molar-refractivity contribution >= 4 is 21.7 Å². The summed E-state index contributed by atoms with van der Waals surface area (Å²) >= 11 is 3.68. The Bertz CT molecular complexity index is 333. The van der Waals surface area contributed by atoms with Gasteiger partial charge in [0, 0.05) is 29.7 Å². The molecule has 0 aromatic carbocycles. The van der Waals surface area contributed by atoms with Gasteiger partial charge in [-0.15, -0.1) is 0 Å². The molecule has 0 saturated carbocycles. The van der Waals surface area contributed by atoms with Crippen molar-refractivity contribution in [2.24, 2.45) is 0 Å². The topological polar surface area (TPSA) is 29.0 Å². The fourth-order valence-corrected chi connectivity index (χ4v) is 2.67. The highest BCUT2D eigenvalue weighted by Crippen LogP contribution is 2.22. The summed E-state index contributed by atoms with van der Waals surface area (Å²) in [5, 5.41) is 0. The molecule has 1 unspecified atom stereocenters. The summed E-state index contributed by atoms with van der Waals surface area (Å²) in [5.74, 6) is 1.94. The average Bonchev–Trinajstić information content (AvgIpc) is 2.16. The first-order valence-corrected chi connectivity index (χ1v) is 6.28. The van der Waals surface area contributed by atoms with Gasteiger partial charge in [0.15, 0.2) is 0 Å². The molecule has 15 heavy (non-hydrogen) atoms. The van der Waals surface area contributed by atoms with Gasteiger partial charge in [-0.2, -0.15) is 0 Å². The molecule has 1 aliphatic rings. The zero-order valence-electron chi connectivity index (χ0n) is 9.20. The highest BCUT2D eigenvalue weighted by atomic mass is 79.9. The third-order valence-electron chi connectivity index (χ3n) is 2.64. The first-order valence-electron chi connectivity index (χ1n) is 5.36. The minimum absolute atomic E-state index is 0.599. The van der Waals surface area contributed by atoms with E-state index in [2.05, 4.69) is 36.9 Å². The molecule has 1 aromatic heterocycles. The van der Waals surface area contributed by atoms with Crippen LogP contribution in [0, 0.1) is 13.8 Å². The van der Waals surface area contributed by atoms with Gasteiger partial charge in [0.1, 0.15) is 11.6 Å². The number of hydrogen-bond donors (Lipinski definition) is 0. The molecule has 1 atom stereocenters. The first-order chi connectivity index (χ1) is 7.15. The summed E-state index contributed by atoms with van der Waals surface area (Å²) in [6.45, 7) is 6.13. The highest BCUT2D eigenvalue weighted by molar-refractivity contribution is 9.09. The monoisotopic (exact) mass is 269 g/mol. The first kappa shape index (κ1) is 10.9. The van der Waals surface area contributed by atoms with Crippen molar-refractivity contribution in [1.29, 1.82) is 0 Å². The molecule has 2 rings (SSSR count). The Kier molecular flexibility index (Phi) is 3.24. The molecule has 0 bridgehead atoms. The van der Waals surface area contributed by atoms with Crippen LogP contribution < -0.4 is 4.90 Å². The maximum Gasteiger partial charge on any atom is 0.132 e. The van der Waals surface area contributed by atoms with Gasteiger partial charge < -0.3 is 4.90 Å². The van der Waals surface area contributed by atoms with Crippen LogP contribution in [0.5, 0.6) is 0 Å². The van der Waals surface area contributed by atoms with Crippen LogP contribution in [0.2, 0.25) is 0 Å². The maximum atomic E-state index is 4.49. The Hall–Kier alpha value is -0.640. The number of hydrogen-bond acceptors (Lipinski definition) is 3. The summed E-state index contributed by atoms with van der Waals surface area (Å²) < 4.78 is 0. The second kappa shape index (κ2) is 4.47. The summed E-state index contributed by atoms with van der Waals surface area (Å²) in [4.78, 5) is 11.7. The molecule has 0 radical (unpaired) electrons. The van der Waals surface area contributed by atoms with Crippen LogP contribution in [-0.4, -0.2) is 27.9 Å². The summed E-state index contributed by atoms with van der Waals surface area (Å²) in [6, 6.07) is 2.07. The van der Waals surface area contributed by atoms with Crippen LogP contribution in [0.25, 0.3) is 0 Å². The SMILES string of the molecule is Cc1cc(N2CCCC(Br)C2)nc(C)n1. The van der Waals surface area contributed by atoms with Gasteiger partial charge >= 0.3 is 0 Å². The van der Waals surface area contributed by atoms with Gasteiger partial charge in [-0.1, -0.05) is 15.9 Å². The van der Waals surface area contributed by atoms with Gasteiger partial charge in [0.05, 0.1) is 0 Å². The average molecular weight is 270 g/mol. The van der Waals surface area contributed by atoms with Crippen LogP contribution in [0.4, 0.5) is 5.82 Å². The van der Waals surface area contributed by atoms with E-state index < -0.39 is 0 Å². The molecule has 82 valence electrons. The number of alkyl halides is 1. The predicted octanol–water partition coefficient (Wildman–Crippen LogP) is 2.46. The number of halogens is 1. The Morgan fingerprint density at radius 2 is 2.20 bits per heavy atom. The molecule has 0 amide bonds. The Morgan fingerprint density at radius 3 is 2.87 bits per heavy atom. The van der Waals surface area contributed by atoms with Gasteiger partial charge in [-0.3, -0.25) is 0 Å². The summed E-state index contributed by atoms with van der Waals surface area (Å²) in [5.41, 5.74) is 1.05. The van der Waals surface area contributed by atoms with E-state index in [9.17, 15) is 0 Å². The lowest BCUT2D eigenvalue weighted by atomic mass is 10.1. The molecule has 1 aromatic rings. The second-order valence-electron chi connectivity index (χ2n) is 4.10. The Balaban J connectivity index is 2.20. The van der Waals surface area contributed by atoms with E-state index in [-0.39, 0.29) is 0 Å². The molecule has 0 aliphatic carbocycles. The molecular weight excluding hydrogens is 254 g/mol. The van der Waals surface area contributed by atoms with Crippen LogP contribution in [0.3, 0.4) is 0 Å². The minimum atomic E-state index is 0.599. The van der Waals surface area contributed by atoms with Crippen molar-refractivity contribution in [3.8, 4) is 0 Å². The van der Waals surface area contributed by atoms with E-state index in [1.165, 1.54) is 12.8 Å².